The second-order valence-corrected chi connectivity index (χ2v) is 6.64. The average molecular weight is 315 g/mol. The molecule has 1 N–H and O–H groups in total. The van der Waals surface area contributed by atoms with Crippen molar-refractivity contribution in [3.63, 3.8) is 0 Å². The molecule has 2 saturated carbocycles. The molecular weight excluding hydrogens is 295 g/mol. The van der Waals surface area contributed by atoms with Crippen molar-refractivity contribution < 1.29 is 18.0 Å². The van der Waals surface area contributed by atoms with Crippen molar-refractivity contribution in [1.29, 1.82) is 0 Å². The monoisotopic (exact) mass is 315 g/mol. The molecule has 22 heavy (non-hydrogen) atoms. The SMILES string of the molecule is C[C@H](NC(=O)c1cc(C(F)(F)F)n(C)n1)[C@H]1C[C@H]2CC[C@H]1C2. The van der Waals surface area contributed by atoms with E-state index in [0.29, 0.717) is 16.5 Å². The van der Waals surface area contributed by atoms with Crippen LogP contribution in [0.2, 0.25) is 0 Å². The van der Waals surface area contributed by atoms with Crippen molar-refractivity contribution in [1.82, 2.24) is 15.1 Å². The summed E-state index contributed by atoms with van der Waals surface area (Å²) in [6, 6.07) is 0.780. The lowest BCUT2D eigenvalue weighted by molar-refractivity contribution is -0.143. The van der Waals surface area contributed by atoms with Crippen molar-refractivity contribution in [2.24, 2.45) is 24.8 Å². The van der Waals surface area contributed by atoms with Gasteiger partial charge in [0.15, 0.2) is 5.69 Å². The van der Waals surface area contributed by atoms with Gasteiger partial charge >= 0.3 is 6.18 Å². The zero-order valence-corrected chi connectivity index (χ0v) is 12.7. The van der Waals surface area contributed by atoms with Crippen molar-refractivity contribution in [2.75, 3.05) is 0 Å². The molecule has 1 aromatic heterocycles. The van der Waals surface area contributed by atoms with E-state index in [9.17, 15) is 18.0 Å². The number of aryl methyl sites for hydroxylation is 1. The number of hydrogen-bond donors (Lipinski definition) is 1. The minimum absolute atomic E-state index is 0.0286. The Labute approximate surface area is 127 Å². The van der Waals surface area contributed by atoms with Gasteiger partial charge in [-0.3, -0.25) is 9.48 Å². The summed E-state index contributed by atoms with van der Waals surface area (Å²) in [5.41, 5.74) is -1.09. The highest BCUT2D eigenvalue weighted by Crippen LogP contribution is 2.49. The molecule has 0 unspecified atom stereocenters. The molecule has 1 amide bonds. The Morgan fingerprint density at radius 3 is 2.64 bits per heavy atom. The fraction of sp³-hybridized carbons (Fsp3) is 0.733. The summed E-state index contributed by atoms with van der Waals surface area (Å²) in [5.74, 6) is 1.32. The number of carbonyl (C=O) groups is 1. The molecule has 122 valence electrons. The van der Waals surface area contributed by atoms with Crippen molar-refractivity contribution in [3.8, 4) is 0 Å². The summed E-state index contributed by atoms with van der Waals surface area (Å²) in [4.78, 5) is 12.2. The minimum atomic E-state index is -4.50. The van der Waals surface area contributed by atoms with Gasteiger partial charge in [-0.05, 0) is 43.9 Å². The van der Waals surface area contributed by atoms with Crippen LogP contribution >= 0.6 is 0 Å². The van der Waals surface area contributed by atoms with Crippen LogP contribution in [0.5, 0.6) is 0 Å². The molecule has 0 aliphatic heterocycles. The molecule has 0 saturated heterocycles. The van der Waals surface area contributed by atoms with Crippen LogP contribution in [0.1, 0.15) is 48.8 Å². The molecule has 0 aromatic carbocycles. The molecule has 0 spiro atoms. The topological polar surface area (TPSA) is 46.9 Å². The van der Waals surface area contributed by atoms with E-state index in [-0.39, 0.29) is 11.7 Å². The molecule has 3 rings (SSSR count). The molecule has 2 fully saturated rings. The summed E-state index contributed by atoms with van der Waals surface area (Å²) in [5, 5.41) is 6.52. The number of alkyl halides is 3. The summed E-state index contributed by atoms with van der Waals surface area (Å²) in [7, 11) is 1.19. The first-order valence-corrected chi connectivity index (χ1v) is 7.68. The molecule has 0 radical (unpaired) electrons. The second-order valence-electron chi connectivity index (χ2n) is 6.64. The number of hydrogen-bond acceptors (Lipinski definition) is 2. The molecule has 2 aliphatic rings. The number of aromatic nitrogens is 2. The van der Waals surface area contributed by atoms with E-state index < -0.39 is 17.8 Å². The van der Waals surface area contributed by atoms with Crippen LogP contribution in [0, 0.1) is 17.8 Å². The fourth-order valence-electron chi connectivity index (χ4n) is 4.14. The second kappa shape index (κ2) is 5.28. The number of nitrogens with one attached hydrogen (secondary N) is 1. The third-order valence-electron chi connectivity index (χ3n) is 5.20. The number of carbonyl (C=O) groups excluding carboxylic acids is 1. The minimum Gasteiger partial charge on any atom is -0.348 e. The van der Waals surface area contributed by atoms with Crippen molar-refractivity contribution in [2.45, 2.75) is 44.8 Å². The molecule has 7 heteroatoms. The third-order valence-corrected chi connectivity index (χ3v) is 5.20. The highest BCUT2D eigenvalue weighted by molar-refractivity contribution is 5.92. The van der Waals surface area contributed by atoms with E-state index in [4.69, 9.17) is 0 Å². The maximum Gasteiger partial charge on any atom is 0.433 e. The molecular formula is C15H20F3N3O. The Morgan fingerprint density at radius 1 is 1.41 bits per heavy atom. The highest BCUT2D eigenvalue weighted by atomic mass is 19.4. The average Bonchev–Trinajstić information content (AvgIpc) is 3.11. The Morgan fingerprint density at radius 2 is 2.14 bits per heavy atom. The lowest BCUT2D eigenvalue weighted by Gasteiger charge is -2.28. The van der Waals surface area contributed by atoms with Crippen LogP contribution in [0.15, 0.2) is 6.07 Å². The van der Waals surface area contributed by atoms with Gasteiger partial charge in [-0.1, -0.05) is 6.42 Å². The molecule has 4 nitrogen and oxygen atoms in total. The zero-order valence-electron chi connectivity index (χ0n) is 12.7. The Bertz CT molecular complexity index is 581. The maximum absolute atomic E-state index is 12.7. The normalized spacial score (nSPS) is 28.9. The van der Waals surface area contributed by atoms with Gasteiger partial charge in [0.2, 0.25) is 0 Å². The van der Waals surface area contributed by atoms with Gasteiger partial charge in [-0.2, -0.15) is 18.3 Å². The van der Waals surface area contributed by atoms with Gasteiger partial charge in [-0.25, -0.2) is 0 Å². The van der Waals surface area contributed by atoms with Gasteiger partial charge in [0, 0.05) is 19.2 Å². The fourth-order valence-corrected chi connectivity index (χ4v) is 4.14. The lowest BCUT2D eigenvalue weighted by atomic mass is 9.84. The summed E-state index contributed by atoms with van der Waals surface area (Å²) < 4.78 is 38.9. The number of amides is 1. The number of fused-ring (bicyclic) bond motifs is 2. The van der Waals surface area contributed by atoms with Crippen LogP contribution in [0.4, 0.5) is 13.2 Å². The molecule has 2 bridgehead atoms. The van der Waals surface area contributed by atoms with E-state index in [1.807, 2.05) is 6.92 Å². The van der Waals surface area contributed by atoms with Crippen LogP contribution in [0.25, 0.3) is 0 Å². The smallest absolute Gasteiger partial charge is 0.348 e. The van der Waals surface area contributed by atoms with Crippen LogP contribution < -0.4 is 5.32 Å². The summed E-state index contributed by atoms with van der Waals surface area (Å²) in [6.45, 7) is 1.94. The highest BCUT2D eigenvalue weighted by Gasteiger charge is 2.42. The molecule has 1 aromatic rings. The first-order valence-electron chi connectivity index (χ1n) is 7.68. The first-order chi connectivity index (χ1) is 10.3. The lowest BCUT2D eigenvalue weighted by Crippen LogP contribution is -2.40. The van der Waals surface area contributed by atoms with Gasteiger partial charge in [0.1, 0.15) is 5.69 Å². The van der Waals surface area contributed by atoms with Gasteiger partial charge in [-0.15, -0.1) is 0 Å². The van der Waals surface area contributed by atoms with E-state index in [0.717, 1.165) is 18.4 Å². The van der Waals surface area contributed by atoms with Crippen LogP contribution in [-0.4, -0.2) is 21.7 Å². The maximum atomic E-state index is 12.7. The first kappa shape index (κ1) is 15.4. The van der Waals surface area contributed by atoms with E-state index in [2.05, 4.69) is 10.4 Å². The van der Waals surface area contributed by atoms with E-state index in [1.54, 1.807) is 0 Å². The van der Waals surface area contributed by atoms with Gasteiger partial charge < -0.3 is 5.32 Å². The molecule has 2 aliphatic carbocycles. The van der Waals surface area contributed by atoms with Crippen molar-refractivity contribution in [3.05, 3.63) is 17.5 Å². The predicted molar refractivity (Wildman–Crippen MR) is 74.1 cm³/mol. The Kier molecular flexibility index (Phi) is 3.69. The van der Waals surface area contributed by atoms with Crippen LogP contribution in [-0.2, 0) is 13.2 Å². The zero-order chi connectivity index (χ0) is 16.1. The number of halogens is 3. The van der Waals surface area contributed by atoms with Gasteiger partial charge in [0.25, 0.3) is 5.91 Å². The number of nitrogens with zero attached hydrogens (tertiary/aromatic N) is 2. The quantitative estimate of drug-likeness (QED) is 0.932. The Hall–Kier alpha value is -1.53. The van der Waals surface area contributed by atoms with E-state index in [1.165, 1.54) is 26.3 Å². The standard InChI is InChI=1S/C15H20F3N3O/c1-8(11-6-9-3-4-10(11)5-9)19-14(22)12-7-13(15(16,17)18)21(2)20-12/h7-11H,3-6H2,1-2H3,(H,19,22)/t8-,9-,10-,11+/m0/s1. The Balaban J connectivity index is 1.67. The molecule has 1 heterocycles. The van der Waals surface area contributed by atoms with Crippen molar-refractivity contribution >= 4 is 5.91 Å². The molecule has 4 atom stereocenters. The number of rotatable bonds is 3. The van der Waals surface area contributed by atoms with E-state index >= 15 is 0 Å². The third kappa shape index (κ3) is 2.73. The summed E-state index contributed by atoms with van der Waals surface area (Å²) in [6.07, 6.45) is 0.319. The summed E-state index contributed by atoms with van der Waals surface area (Å²) >= 11 is 0. The van der Waals surface area contributed by atoms with Crippen LogP contribution in [0.3, 0.4) is 0 Å². The van der Waals surface area contributed by atoms with Gasteiger partial charge in [0.05, 0.1) is 0 Å². The predicted octanol–water partition coefficient (Wildman–Crippen LogP) is 2.99. The largest absolute Gasteiger partial charge is 0.433 e.